The summed E-state index contributed by atoms with van der Waals surface area (Å²) in [4.78, 5) is 16.7. The Hall–Kier alpha value is -4.20. The Morgan fingerprint density at radius 2 is 1.71 bits per heavy atom. The Morgan fingerprint density at radius 1 is 0.941 bits per heavy atom. The topological polar surface area (TPSA) is 91.2 Å². The van der Waals surface area contributed by atoms with Gasteiger partial charge in [-0.2, -0.15) is 0 Å². The normalized spacial score (nSPS) is 10.6. The number of amides is 1. The van der Waals surface area contributed by atoms with E-state index < -0.39 is 0 Å². The molecule has 1 N–H and O–H groups in total. The van der Waals surface area contributed by atoms with Gasteiger partial charge in [-0.1, -0.05) is 19.8 Å². The Kier molecular flexibility index (Phi) is 7.49. The zero-order valence-corrected chi connectivity index (χ0v) is 19.3. The molecule has 8 nitrogen and oxygen atoms in total. The molecular formula is C26H27N5O3. The maximum Gasteiger partial charge on any atom is 0.255 e. The number of imidazole rings is 1. The number of hydrogen-bond acceptors (Lipinski definition) is 6. The van der Waals surface area contributed by atoms with Gasteiger partial charge in [0.05, 0.1) is 6.61 Å². The summed E-state index contributed by atoms with van der Waals surface area (Å²) >= 11 is 0. The van der Waals surface area contributed by atoms with E-state index >= 15 is 0 Å². The van der Waals surface area contributed by atoms with Gasteiger partial charge >= 0.3 is 0 Å². The van der Waals surface area contributed by atoms with Crippen molar-refractivity contribution in [1.82, 2.24) is 19.7 Å². The van der Waals surface area contributed by atoms with Crippen LogP contribution in [0, 0.1) is 6.92 Å². The Bertz CT molecular complexity index is 1200. The van der Waals surface area contributed by atoms with Crippen LogP contribution in [0.5, 0.6) is 17.4 Å². The summed E-state index contributed by atoms with van der Waals surface area (Å²) in [5, 5.41) is 11.2. The number of aromatic nitrogens is 4. The molecule has 4 rings (SSSR count). The number of unbranched alkanes of at least 4 members (excludes halogenated alkanes) is 2. The number of nitrogens with one attached hydrogen (secondary N) is 1. The summed E-state index contributed by atoms with van der Waals surface area (Å²) in [6, 6.07) is 17.8. The molecule has 0 saturated heterocycles. The van der Waals surface area contributed by atoms with E-state index in [0.717, 1.165) is 30.8 Å². The van der Waals surface area contributed by atoms with E-state index in [0.29, 0.717) is 35.3 Å². The third-order valence-corrected chi connectivity index (χ3v) is 5.17. The van der Waals surface area contributed by atoms with Crippen LogP contribution in [0.3, 0.4) is 0 Å². The van der Waals surface area contributed by atoms with E-state index in [4.69, 9.17) is 9.47 Å². The van der Waals surface area contributed by atoms with Crippen molar-refractivity contribution < 1.29 is 14.3 Å². The number of carbonyl (C=O) groups is 1. The molecule has 8 heteroatoms. The molecule has 0 atom stereocenters. The Labute approximate surface area is 198 Å². The Balaban J connectivity index is 1.30. The molecule has 2 heterocycles. The molecule has 0 fully saturated rings. The molecule has 0 aliphatic heterocycles. The maximum atomic E-state index is 12.5. The lowest BCUT2D eigenvalue weighted by molar-refractivity contribution is 0.102. The largest absolute Gasteiger partial charge is 0.494 e. The first kappa shape index (κ1) is 23.0. The van der Waals surface area contributed by atoms with Crippen LogP contribution in [0.4, 0.5) is 5.69 Å². The summed E-state index contributed by atoms with van der Waals surface area (Å²) < 4.78 is 13.3. The fourth-order valence-electron chi connectivity index (χ4n) is 3.29. The molecule has 0 unspecified atom stereocenters. The van der Waals surface area contributed by atoms with Gasteiger partial charge in [0.2, 0.25) is 5.88 Å². The highest BCUT2D eigenvalue weighted by atomic mass is 16.5. The van der Waals surface area contributed by atoms with Gasteiger partial charge in [-0.15, -0.1) is 10.2 Å². The van der Waals surface area contributed by atoms with Crippen molar-refractivity contribution in [1.29, 1.82) is 0 Å². The van der Waals surface area contributed by atoms with E-state index in [2.05, 4.69) is 27.4 Å². The predicted octanol–water partition coefficient (Wildman–Crippen LogP) is 5.58. The minimum atomic E-state index is -0.192. The molecule has 2 aromatic carbocycles. The second kappa shape index (κ2) is 11.1. The predicted molar refractivity (Wildman–Crippen MR) is 130 cm³/mol. The summed E-state index contributed by atoms with van der Waals surface area (Å²) in [5.74, 6) is 3.02. The highest BCUT2D eigenvalue weighted by Crippen LogP contribution is 2.22. The summed E-state index contributed by atoms with van der Waals surface area (Å²) in [6.07, 6.45) is 6.87. The molecule has 0 radical (unpaired) electrons. The van der Waals surface area contributed by atoms with Gasteiger partial charge in [-0.3, -0.25) is 9.36 Å². The van der Waals surface area contributed by atoms with Gasteiger partial charge < -0.3 is 14.8 Å². The first-order valence-electron chi connectivity index (χ1n) is 11.3. The van der Waals surface area contributed by atoms with Gasteiger partial charge in [0.25, 0.3) is 5.91 Å². The van der Waals surface area contributed by atoms with Crippen LogP contribution in [-0.2, 0) is 0 Å². The van der Waals surface area contributed by atoms with Crippen molar-refractivity contribution in [3.63, 3.8) is 0 Å². The standard InChI is InChI=1S/C26H27N5O3/c1-3-4-5-18-33-22-10-6-20(7-11-22)26(32)28-21-8-12-23(13-9-21)34-25-15-14-24(29-30-25)31-17-16-27-19(31)2/h6-17H,3-5,18H2,1-2H3,(H,28,32). The van der Waals surface area contributed by atoms with E-state index in [1.807, 2.05) is 35.9 Å². The molecule has 4 aromatic rings. The summed E-state index contributed by atoms with van der Waals surface area (Å²) in [6.45, 7) is 4.74. The number of benzene rings is 2. The van der Waals surface area contributed by atoms with Crippen molar-refractivity contribution in [3.05, 3.63) is 84.4 Å². The third kappa shape index (κ3) is 5.98. The molecule has 0 spiro atoms. The second-order valence-corrected chi connectivity index (χ2v) is 7.73. The van der Waals surface area contributed by atoms with Crippen molar-refractivity contribution >= 4 is 11.6 Å². The lowest BCUT2D eigenvalue weighted by Crippen LogP contribution is -2.11. The molecule has 0 aliphatic carbocycles. The van der Waals surface area contributed by atoms with Gasteiger partial charge in [0.15, 0.2) is 5.82 Å². The van der Waals surface area contributed by atoms with Gasteiger partial charge in [0.1, 0.15) is 17.3 Å². The third-order valence-electron chi connectivity index (χ3n) is 5.17. The number of aryl methyl sites for hydroxylation is 1. The van der Waals surface area contributed by atoms with Crippen molar-refractivity contribution in [2.75, 3.05) is 11.9 Å². The number of rotatable bonds is 10. The summed E-state index contributed by atoms with van der Waals surface area (Å²) in [7, 11) is 0. The van der Waals surface area contributed by atoms with Crippen LogP contribution in [0.25, 0.3) is 5.82 Å². The fourth-order valence-corrected chi connectivity index (χ4v) is 3.29. The zero-order chi connectivity index (χ0) is 23.8. The van der Waals surface area contributed by atoms with E-state index in [-0.39, 0.29) is 5.91 Å². The lowest BCUT2D eigenvalue weighted by atomic mass is 10.2. The zero-order valence-electron chi connectivity index (χ0n) is 19.3. The van der Waals surface area contributed by atoms with Gasteiger partial charge in [-0.25, -0.2) is 4.98 Å². The quantitative estimate of drug-likeness (QED) is 0.312. The van der Waals surface area contributed by atoms with Crippen LogP contribution in [0.2, 0.25) is 0 Å². The van der Waals surface area contributed by atoms with Crippen LogP contribution >= 0.6 is 0 Å². The molecule has 0 aliphatic rings. The SMILES string of the molecule is CCCCCOc1ccc(C(=O)Nc2ccc(Oc3ccc(-n4ccnc4C)nn3)cc2)cc1. The van der Waals surface area contributed by atoms with Crippen molar-refractivity contribution in [2.24, 2.45) is 0 Å². The molecule has 1 amide bonds. The first-order chi connectivity index (χ1) is 16.6. The van der Waals surface area contributed by atoms with Crippen LogP contribution in [-0.4, -0.2) is 32.3 Å². The number of nitrogens with zero attached hydrogens (tertiary/aromatic N) is 4. The molecular weight excluding hydrogens is 430 g/mol. The van der Waals surface area contributed by atoms with Crippen LogP contribution in [0.1, 0.15) is 42.4 Å². The highest BCUT2D eigenvalue weighted by Gasteiger charge is 2.08. The number of ether oxygens (including phenoxy) is 2. The van der Waals surface area contributed by atoms with Crippen LogP contribution < -0.4 is 14.8 Å². The lowest BCUT2D eigenvalue weighted by Gasteiger charge is -2.09. The number of hydrogen-bond donors (Lipinski definition) is 1. The molecule has 0 saturated carbocycles. The maximum absolute atomic E-state index is 12.5. The van der Waals surface area contributed by atoms with Gasteiger partial charge in [0, 0.05) is 29.7 Å². The van der Waals surface area contributed by atoms with E-state index in [1.54, 1.807) is 48.7 Å². The average Bonchev–Trinajstić information content (AvgIpc) is 3.30. The smallest absolute Gasteiger partial charge is 0.255 e. The molecule has 174 valence electrons. The van der Waals surface area contributed by atoms with Gasteiger partial charge in [-0.05, 0) is 67.9 Å². The first-order valence-corrected chi connectivity index (χ1v) is 11.3. The minimum absolute atomic E-state index is 0.192. The Morgan fingerprint density at radius 3 is 2.35 bits per heavy atom. The van der Waals surface area contributed by atoms with Crippen molar-refractivity contribution in [2.45, 2.75) is 33.1 Å². The van der Waals surface area contributed by atoms with E-state index in [9.17, 15) is 4.79 Å². The molecule has 2 aromatic heterocycles. The second-order valence-electron chi connectivity index (χ2n) is 7.73. The number of carbonyl (C=O) groups excluding carboxylic acids is 1. The minimum Gasteiger partial charge on any atom is -0.494 e. The number of anilines is 1. The average molecular weight is 458 g/mol. The van der Waals surface area contributed by atoms with E-state index in [1.165, 1.54) is 0 Å². The monoisotopic (exact) mass is 457 g/mol. The van der Waals surface area contributed by atoms with Crippen LogP contribution in [0.15, 0.2) is 73.1 Å². The molecule has 34 heavy (non-hydrogen) atoms. The highest BCUT2D eigenvalue weighted by molar-refractivity contribution is 6.04. The fraction of sp³-hybridized carbons (Fsp3) is 0.231. The van der Waals surface area contributed by atoms with Crippen molar-refractivity contribution in [3.8, 4) is 23.2 Å². The molecule has 0 bridgehead atoms. The summed E-state index contributed by atoms with van der Waals surface area (Å²) in [5.41, 5.74) is 1.22.